The second kappa shape index (κ2) is 5.06. The summed E-state index contributed by atoms with van der Waals surface area (Å²) in [6.45, 7) is 5.91. The van der Waals surface area contributed by atoms with Crippen molar-refractivity contribution in [1.82, 2.24) is 9.88 Å². The van der Waals surface area contributed by atoms with Crippen molar-refractivity contribution in [3.63, 3.8) is 0 Å². The monoisotopic (exact) mass is 238 g/mol. The second-order valence-corrected chi connectivity index (χ2v) is 5.44. The summed E-state index contributed by atoms with van der Waals surface area (Å²) in [5.41, 5.74) is 0.615. The van der Waals surface area contributed by atoms with E-state index in [-0.39, 0.29) is 5.78 Å². The van der Waals surface area contributed by atoms with Gasteiger partial charge >= 0.3 is 0 Å². The normalized spacial score (nSPS) is 22.2. The smallest absolute Gasteiger partial charge is 0.178 e. The van der Waals surface area contributed by atoms with Crippen LogP contribution < -0.4 is 0 Å². The standard InChI is InChI=1S/C12H18N2OS/c1-9-5-3-4-6-14(9)7-12-13-11(8-16-12)10(2)15/h8-9H,3-7H2,1-2H3. The maximum absolute atomic E-state index is 11.1. The lowest BCUT2D eigenvalue weighted by atomic mass is 10.0. The maximum Gasteiger partial charge on any atom is 0.178 e. The number of Topliss-reactive ketones (excluding diaryl/α,β-unsaturated/α-hetero) is 1. The highest BCUT2D eigenvalue weighted by molar-refractivity contribution is 7.09. The van der Waals surface area contributed by atoms with Crippen molar-refractivity contribution >= 4 is 17.1 Å². The first-order valence-electron chi connectivity index (χ1n) is 5.86. The lowest BCUT2D eigenvalue weighted by molar-refractivity contribution is 0.101. The van der Waals surface area contributed by atoms with Crippen LogP contribution in [-0.2, 0) is 6.54 Å². The number of carbonyl (C=O) groups excluding carboxylic acids is 1. The first-order valence-corrected chi connectivity index (χ1v) is 6.74. The number of hydrogen-bond donors (Lipinski definition) is 0. The van der Waals surface area contributed by atoms with Crippen LogP contribution in [0.1, 0.15) is 48.6 Å². The van der Waals surface area contributed by atoms with Gasteiger partial charge in [0, 0.05) is 18.3 Å². The topological polar surface area (TPSA) is 33.2 Å². The molecule has 1 aromatic heterocycles. The molecule has 0 radical (unpaired) electrons. The summed E-state index contributed by atoms with van der Waals surface area (Å²) in [6.07, 6.45) is 3.91. The van der Waals surface area contributed by atoms with Crippen molar-refractivity contribution in [2.24, 2.45) is 0 Å². The molecule has 0 spiro atoms. The first kappa shape index (κ1) is 11.7. The second-order valence-electron chi connectivity index (χ2n) is 4.50. The number of thiazole rings is 1. The summed E-state index contributed by atoms with van der Waals surface area (Å²) in [5.74, 6) is 0.0641. The van der Waals surface area contributed by atoms with E-state index < -0.39 is 0 Å². The molecular formula is C12H18N2OS. The fourth-order valence-electron chi connectivity index (χ4n) is 2.11. The highest BCUT2D eigenvalue weighted by Crippen LogP contribution is 2.20. The van der Waals surface area contributed by atoms with Gasteiger partial charge in [-0.3, -0.25) is 9.69 Å². The average molecular weight is 238 g/mol. The summed E-state index contributed by atoms with van der Waals surface area (Å²) >= 11 is 1.60. The van der Waals surface area contributed by atoms with Gasteiger partial charge in [0.15, 0.2) is 5.78 Å². The average Bonchev–Trinajstić information content (AvgIpc) is 2.70. The van der Waals surface area contributed by atoms with Crippen LogP contribution in [0.25, 0.3) is 0 Å². The third-order valence-electron chi connectivity index (χ3n) is 3.19. The summed E-state index contributed by atoms with van der Waals surface area (Å²) in [5, 5.41) is 2.94. The molecule has 1 aromatic rings. The minimum Gasteiger partial charge on any atom is -0.294 e. The molecule has 2 heterocycles. The highest BCUT2D eigenvalue weighted by atomic mass is 32.1. The van der Waals surface area contributed by atoms with Gasteiger partial charge in [-0.1, -0.05) is 6.42 Å². The van der Waals surface area contributed by atoms with Crippen molar-refractivity contribution in [3.8, 4) is 0 Å². The maximum atomic E-state index is 11.1. The Kier molecular flexibility index (Phi) is 3.71. The molecule has 0 N–H and O–H groups in total. The summed E-state index contributed by atoms with van der Waals surface area (Å²) < 4.78 is 0. The van der Waals surface area contributed by atoms with Crippen molar-refractivity contribution in [1.29, 1.82) is 0 Å². The predicted octanol–water partition coefficient (Wildman–Crippen LogP) is 2.72. The Labute approximate surface area is 100 Å². The van der Waals surface area contributed by atoms with Gasteiger partial charge in [-0.15, -0.1) is 11.3 Å². The molecule has 2 rings (SSSR count). The van der Waals surface area contributed by atoms with Gasteiger partial charge in [0.2, 0.25) is 0 Å². The van der Waals surface area contributed by atoms with Crippen molar-refractivity contribution in [3.05, 3.63) is 16.1 Å². The van der Waals surface area contributed by atoms with E-state index in [1.54, 1.807) is 18.3 Å². The molecule has 1 unspecified atom stereocenters. The van der Waals surface area contributed by atoms with Gasteiger partial charge in [-0.2, -0.15) is 0 Å². The van der Waals surface area contributed by atoms with Crippen LogP contribution in [0.2, 0.25) is 0 Å². The summed E-state index contributed by atoms with van der Waals surface area (Å²) in [6, 6.07) is 0.651. The van der Waals surface area contributed by atoms with E-state index in [0.29, 0.717) is 11.7 Å². The Morgan fingerprint density at radius 1 is 1.62 bits per heavy atom. The lowest BCUT2D eigenvalue weighted by Gasteiger charge is -2.32. The summed E-state index contributed by atoms with van der Waals surface area (Å²) in [4.78, 5) is 18.0. The molecule has 0 aliphatic carbocycles. The minimum absolute atomic E-state index is 0.0641. The number of aromatic nitrogens is 1. The van der Waals surface area contributed by atoms with Gasteiger partial charge in [0.25, 0.3) is 0 Å². The molecule has 1 aliphatic rings. The third-order valence-corrected chi connectivity index (χ3v) is 4.02. The quantitative estimate of drug-likeness (QED) is 0.759. The van der Waals surface area contributed by atoms with Crippen molar-refractivity contribution in [2.75, 3.05) is 6.54 Å². The van der Waals surface area contributed by atoms with Crippen molar-refractivity contribution in [2.45, 2.75) is 45.7 Å². The van der Waals surface area contributed by atoms with Crippen LogP contribution in [0.15, 0.2) is 5.38 Å². The van der Waals surface area contributed by atoms with E-state index in [4.69, 9.17) is 0 Å². The molecule has 3 nitrogen and oxygen atoms in total. The number of piperidine rings is 1. The fraction of sp³-hybridized carbons (Fsp3) is 0.667. The fourth-order valence-corrected chi connectivity index (χ4v) is 2.97. The molecule has 0 aromatic carbocycles. The van der Waals surface area contributed by atoms with Crippen LogP contribution in [0, 0.1) is 0 Å². The number of nitrogens with zero attached hydrogens (tertiary/aromatic N) is 2. The minimum atomic E-state index is 0.0641. The molecule has 0 amide bonds. The van der Waals surface area contributed by atoms with E-state index >= 15 is 0 Å². The molecule has 1 saturated heterocycles. The van der Waals surface area contributed by atoms with Gasteiger partial charge in [0.05, 0.1) is 6.54 Å². The molecule has 0 saturated carbocycles. The molecule has 88 valence electrons. The number of rotatable bonds is 3. The van der Waals surface area contributed by atoms with Crippen LogP contribution in [0.4, 0.5) is 0 Å². The van der Waals surface area contributed by atoms with E-state index in [0.717, 1.165) is 18.1 Å². The number of carbonyl (C=O) groups is 1. The van der Waals surface area contributed by atoms with Gasteiger partial charge in [-0.05, 0) is 26.3 Å². The van der Waals surface area contributed by atoms with Crippen LogP contribution >= 0.6 is 11.3 Å². The number of ketones is 1. The zero-order chi connectivity index (χ0) is 11.5. The molecule has 1 aliphatic heterocycles. The van der Waals surface area contributed by atoms with E-state index in [2.05, 4.69) is 16.8 Å². The molecule has 4 heteroatoms. The molecule has 16 heavy (non-hydrogen) atoms. The Morgan fingerprint density at radius 3 is 3.06 bits per heavy atom. The van der Waals surface area contributed by atoms with Gasteiger partial charge in [-0.25, -0.2) is 4.98 Å². The molecule has 1 fully saturated rings. The SMILES string of the molecule is CC(=O)c1csc(CN2CCCCC2C)n1. The van der Waals surface area contributed by atoms with Crippen molar-refractivity contribution < 1.29 is 4.79 Å². The van der Waals surface area contributed by atoms with Gasteiger partial charge < -0.3 is 0 Å². The van der Waals surface area contributed by atoms with Crippen LogP contribution in [0.5, 0.6) is 0 Å². The Morgan fingerprint density at radius 2 is 2.44 bits per heavy atom. The predicted molar refractivity (Wildman–Crippen MR) is 65.8 cm³/mol. The Hall–Kier alpha value is -0.740. The molecular weight excluding hydrogens is 220 g/mol. The van der Waals surface area contributed by atoms with E-state index in [1.165, 1.54) is 19.3 Å². The van der Waals surface area contributed by atoms with Gasteiger partial charge in [0.1, 0.15) is 10.7 Å². The Balaban J connectivity index is 1.99. The largest absolute Gasteiger partial charge is 0.294 e. The molecule has 1 atom stereocenters. The zero-order valence-corrected chi connectivity index (χ0v) is 10.7. The Bertz CT molecular complexity index is 375. The third kappa shape index (κ3) is 2.68. The van der Waals surface area contributed by atoms with Crippen LogP contribution in [0.3, 0.4) is 0 Å². The van der Waals surface area contributed by atoms with Crippen LogP contribution in [-0.4, -0.2) is 28.3 Å². The van der Waals surface area contributed by atoms with E-state index in [1.807, 2.05) is 5.38 Å². The first-order chi connectivity index (χ1) is 7.66. The zero-order valence-electron chi connectivity index (χ0n) is 9.90. The highest BCUT2D eigenvalue weighted by Gasteiger charge is 2.19. The number of likely N-dealkylation sites (tertiary alicyclic amines) is 1. The summed E-state index contributed by atoms with van der Waals surface area (Å²) in [7, 11) is 0. The number of hydrogen-bond acceptors (Lipinski definition) is 4. The lowest BCUT2D eigenvalue weighted by Crippen LogP contribution is -2.36. The molecule has 0 bridgehead atoms. The van der Waals surface area contributed by atoms with E-state index in [9.17, 15) is 4.79 Å².